The predicted octanol–water partition coefficient (Wildman–Crippen LogP) is 0.247. The van der Waals surface area contributed by atoms with E-state index in [1.165, 1.54) is 16.8 Å². The van der Waals surface area contributed by atoms with Crippen molar-refractivity contribution in [2.45, 2.75) is 10.2 Å². The fourth-order valence-electron chi connectivity index (χ4n) is 1.06. The summed E-state index contributed by atoms with van der Waals surface area (Å²) >= 11 is 0.984. The molecule has 0 spiro atoms. The Balaban J connectivity index is 2.41. The van der Waals surface area contributed by atoms with Gasteiger partial charge < -0.3 is 5.73 Å². The zero-order valence-corrected chi connectivity index (χ0v) is 9.46. The highest BCUT2D eigenvalue weighted by Gasteiger charge is 2.19. The number of hydrogen-bond donors (Lipinski definition) is 1. The average molecular weight is 253 g/mol. The molecule has 0 aliphatic rings. The molecule has 2 aromatic heterocycles. The van der Waals surface area contributed by atoms with Gasteiger partial charge in [0.1, 0.15) is 5.82 Å². The molecule has 0 aliphatic heterocycles. The molecule has 2 N–H and O–H groups in total. The molecule has 2 aromatic rings. The predicted molar refractivity (Wildman–Crippen MR) is 58.2 cm³/mol. The molecular weight excluding hydrogens is 246 g/mol. The van der Waals surface area contributed by atoms with Crippen LogP contribution in [0.15, 0.2) is 22.3 Å². The van der Waals surface area contributed by atoms with Crippen molar-refractivity contribution in [1.29, 1.82) is 0 Å². The van der Waals surface area contributed by atoms with Gasteiger partial charge in [0.15, 0.2) is 5.03 Å². The molecule has 0 fully saturated rings. The highest BCUT2D eigenvalue weighted by Crippen LogP contribution is 2.31. The summed E-state index contributed by atoms with van der Waals surface area (Å²) in [7, 11) is 1.63. The van der Waals surface area contributed by atoms with Gasteiger partial charge in [0.25, 0.3) is 0 Å². The first-order chi connectivity index (χ1) is 8.08. The van der Waals surface area contributed by atoms with Gasteiger partial charge in [0, 0.05) is 13.1 Å². The average Bonchev–Trinajstić information content (AvgIpc) is 2.64. The third kappa shape index (κ3) is 2.30. The van der Waals surface area contributed by atoms with Crippen molar-refractivity contribution < 1.29 is 4.92 Å². The second-order valence-corrected chi connectivity index (χ2v) is 3.96. The molecule has 0 radical (unpaired) electrons. The van der Waals surface area contributed by atoms with Gasteiger partial charge in [-0.25, -0.2) is 9.67 Å². The summed E-state index contributed by atoms with van der Waals surface area (Å²) in [6, 6.07) is 2.67. The zero-order chi connectivity index (χ0) is 12.4. The van der Waals surface area contributed by atoms with E-state index in [2.05, 4.69) is 20.5 Å². The number of rotatable bonds is 3. The van der Waals surface area contributed by atoms with E-state index < -0.39 is 4.92 Å². The maximum Gasteiger partial charge on any atom is 0.301 e. The molecule has 0 bridgehead atoms. The van der Waals surface area contributed by atoms with E-state index in [4.69, 9.17) is 5.73 Å². The lowest BCUT2D eigenvalue weighted by atomic mass is 10.4. The van der Waals surface area contributed by atoms with Crippen LogP contribution in [0, 0.1) is 10.1 Å². The van der Waals surface area contributed by atoms with Crippen LogP contribution >= 0.6 is 11.8 Å². The van der Waals surface area contributed by atoms with E-state index in [-0.39, 0.29) is 16.5 Å². The molecule has 17 heavy (non-hydrogen) atoms. The van der Waals surface area contributed by atoms with Crippen molar-refractivity contribution >= 4 is 23.3 Å². The molecule has 0 unspecified atom stereocenters. The van der Waals surface area contributed by atoms with Gasteiger partial charge in [-0.1, -0.05) is 0 Å². The van der Waals surface area contributed by atoms with Crippen LogP contribution in [-0.2, 0) is 7.05 Å². The van der Waals surface area contributed by atoms with E-state index in [1.54, 1.807) is 7.05 Å². The van der Waals surface area contributed by atoms with Gasteiger partial charge in [-0.3, -0.25) is 10.1 Å². The standard InChI is InChI=1S/C7H7N7O2S/c1-13-7(10-11-12-13)17-6-4(14(15)16)2-3-5(8)9-6/h2-3H,1H3,(H2,8,9). The lowest BCUT2D eigenvalue weighted by molar-refractivity contribution is -0.388. The Morgan fingerprint density at radius 1 is 1.53 bits per heavy atom. The minimum absolute atomic E-state index is 0.132. The zero-order valence-electron chi connectivity index (χ0n) is 8.64. The Labute approximate surface area is 99.2 Å². The molecule has 9 nitrogen and oxygen atoms in total. The number of pyridine rings is 1. The number of nitro groups is 1. The Hall–Kier alpha value is -2.23. The van der Waals surface area contributed by atoms with Gasteiger partial charge in [0.05, 0.1) is 4.92 Å². The smallest absolute Gasteiger partial charge is 0.301 e. The number of aromatic nitrogens is 5. The molecule has 88 valence electrons. The second-order valence-electron chi connectivity index (χ2n) is 3.00. The van der Waals surface area contributed by atoms with Crippen LogP contribution in [0.5, 0.6) is 0 Å². The molecule has 0 atom stereocenters. The van der Waals surface area contributed by atoms with Crippen LogP contribution in [-0.4, -0.2) is 30.1 Å². The summed E-state index contributed by atoms with van der Waals surface area (Å²) in [6.45, 7) is 0. The molecule has 0 saturated heterocycles. The van der Waals surface area contributed by atoms with Crippen molar-refractivity contribution in [3.05, 3.63) is 22.2 Å². The molecule has 0 aromatic carbocycles. The van der Waals surface area contributed by atoms with Gasteiger partial charge in [-0.15, -0.1) is 5.10 Å². The maximum atomic E-state index is 10.8. The van der Waals surface area contributed by atoms with Crippen molar-refractivity contribution in [2.75, 3.05) is 5.73 Å². The first-order valence-corrected chi connectivity index (χ1v) is 5.20. The lowest BCUT2D eigenvalue weighted by Crippen LogP contribution is -1.99. The summed E-state index contributed by atoms with van der Waals surface area (Å²) < 4.78 is 1.39. The number of anilines is 1. The van der Waals surface area contributed by atoms with Crippen LogP contribution in [0.1, 0.15) is 0 Å². The largest absolute Gasteiger partial charge is 0.384 e. The summed E-state index contributed by atoms with van der Waals surface area (Å²) in [4.78, 5) is 14.2. The quantitative estimate of drug-likeness (QED) is 0.609. The minimum atomic E-state index is -0.529. The number of nitrogens with two attached hydrogens (primary N) is 1. The highest BCUT2D eigenvalue weighted by atomic mass is 32.2. The lowest BCUT2D eigenvalue weighted by Gasteiger charge is -2.01. The number of aryl methyl sites for hydroxylation is 1. The van der Waals surface area contributed by atoms with Crippen molar-refractivity contribution in [3.8, 4) is 0 Å². The van der Waals surface area contributed by atoms with Crippen LogP contribution < -0.4 is 5.73 Å². The summed E-state index contributed by atoms with van der Waals surface area (Å²) in [5.41, 5.74) is 5.36. The molecule has 2 rings (SSSR count). The van der Waals surface area contributed by atoms with Crippen LogP contribution in [0.3, 0.4) is 0 Å². The Morgan fingerprint density at radius 3 is 2.88 bits per heavy atom. The molecule has 0 amide bonds. The minimum Gasteiger partial charge on any atom is -0.384 e. The molecular formula is C7H7N7O2S. The molecule has 2 heterocycles. The fraction of sp³-hybridized carbons (Fsp3) is 0.143. The summed E-state index contributed by atoms with van der Waals surface area (Å²) in [6.07, 6.45) is 0. The number of hydrogen-bond acceptors (Lipinski definition) is 8. The monoisotopic (exact) mass is 253 g/mol. The SMILES string of the molecule is Cn1nnnc1Sc1nc(N)ccc1[N+](=O)[O-]. The Morgan fingerprint density at radius 2 is 2.29 bits per heavy atom. The normalized spacial score (nSPS) is 10.4. The number of tetrazole rings is 1. The first-order valence-electron chi connectivity index (χ1n) is 4.39. The number of nitrogen functional groups attached to an aromatic ring is 1. The van der Waals surface area contributed by atoms with E-state index >= 15 is 0 Å². The molecule has 0 aliphatic carbocycles. The van der Waals surface area contributed by atoms with Crippen molar-refractivity contribution in [3.63, 3.8) is 0 Å². The maximum absolute atomic E-state index is 10.8. The Bertz CT molecular complexity index is 569. The topological polar surface area (TPSA) is 126 Å². The van der Waals surface area contributed by atoms with Gasteiger partial charge >= 0.3 is 5.69 Å². The van der Waals surface area contributed by atoms with Gasteiger partial charge in [-0.05, 0) is 28.3 Å². The van der Waals surface area contributed by atoms with Crippen molar-refractivity contribution in [2.24, 2.45) is 7.05 Å². The summed E-state index contributed by atoms with van der Waals surface area (Å²) in [5.74, 6) is 0.202. The van der Waals surface area contributed by atoms with Gasteiger partial charge in [-0.2, -0.15) is 0 Å². The third-order valence-electron chi connectivity index (χ3n) is 1.83. The number of nitrogens with zero attached hydrogens (tertiary/aromatic N) is 6. The molecule has 10 heteroatoms. The highest BCUT2D eigenvalue weighted by molar-refractivity contribution is 7.99. The van der Waals surface area contributed by atoms with E-state index in [0.29, 0.717) is 5.16 Å². The fourth-order valence-corrected chi connectivity index (χ4v) is 1.87. The first kappa shape index (κ1) is 11.3. The Kier molecular flexibility index (Phi) is 2.87. The van der Waals surface area contributed by atoms with Crippen LogP contribution in [0.2, 0.25) is 0 Å². The van der Waals surface area contributed by atoms with E-state index in [0.717, 1.165) is 11.8 Å². The second kappa shape index (κ2) is 4.33. The van der Waals surface area contributed by atoms with E-state index in [1.807, 2.05) is 0 Å². The third-order valence-corrected chi connectivity index (χ3v) is 2.85. The summed E-state index contributed by atoms with van der Waals surface area (Å²) in [5, 5.41) is 22.1. The van der Waals surface area contributed by atoms with Crippen LogP contribution in [0.25, 0.3) is 0 Å². The van der Waals surface area contributed by atoms with Gasteiger partial charge in [0.2, 0.25) is 5.16 Å². The van der Waals surface area contributed by atoms with E-state index in [9.17, 15) is 10.1 Å². The van der Waals surface area contributed by atoms with Crippen molar-refractivity contribution in [1.82, 2.24) is 25.2 Å². The van der Waals surface area contributed by atoms with Crippen LogP contribution in [0.4, 0.5) is 11.5 Å². The molecule has 0 saturated carbocycles.